The zero-order valence-electron chi connectivity index (χ0n) is 34.2. The largest absolute Gasteiger partial charge is 0.481 e. The summed E-state index contributed by atoms with van der Waals surface area (Å²) in [7, 11) is 1.58. The quantitative estimate of drug-likeness (QED) is 0.255. The summed E-state index contributed by atoms with van der Waals surface area (Å²) < 4.78 is 46.4. The van der Waals surface area contributed by atoms with Crippen LogP contribution in [0, 0.1) is 47.3 Å². The Morgan fingerprint density at radius 1 is 0.830 bits per heavy atom. The van der Waals surface area contributed by atoms with E-state index in [1.807, 2.05) is 27.7 Å². The van der Waals surface area contributed by atoms with Crippen LogP contribution in [-0.4, -0.2) is 111 Å². The number of carbonyl (C=O) groups is 1. The topological polar surface area (TPSA) is 163 Å². The van der Waals surface area contributed by atoms with Gasteiger partial charge in [-0.1, -0.05) is 48.5 Å². The molecule has 0 bridgehead atoms. The molecular weight excluding hydrogens is 684 g/mol. The first-order chi connectivity index (χ1) is 24.5. The first-order valence-electron chi connectivity index (χ1n) is 20.5. The Labute approximate surface area is 316 Å². The van der Waals surface area contributed by atoms with E-state index < -0.39 is 70.8 Å². The Hall–Kier alpha value is -0.930. The predicted molar refractivity (Wildman–Crippen MR) is 194 cm³/mol. The summed E-state index contributed by atoms with van der Waals surface area (Å²) in [5.74, 6) is -7.35. The summed E-state index contributed by atoms with van der Waals surface area (Å²) in [6.45, 7) is 21.6. The molecule has 0 aromatic rings. The molecule has 12 nitrogen and oxygen atoms in total. The Morgan fingerprint density at radius 3 is 2.13 bits per heavy atom. The predicted octanol–water partition coefficient (Wildman–Crippen LogP) is 5.27. The lowest BCUT2D eigenvalue weighted by atomic mass is 9.71. The second-order valence-corrected chi connectivity index (χ2v) is 19.2. The van der Waals surface area contributed by atoms with Crippen molar-refractivity contribution in [2.75, 3.05) is 7.11 Å². The molecule has 0 amide bonds. The van der Waals surface area contributed by atoms with Gasteiger partial charge >= 0.3 is 5.97 Å². The SMILES string of the molecule is CO[C@H]1[C@@H](C)[C@@H]([C@H](C)C2O[C@@]3(CC[C@@](C)([C@H]4CC[C@@](C)([C@@H]5O[C@@H]([C@H]6O[C@](C)(O)[C@H](C)C[C@@H]6C)C[C@@H]5C)O4)O3)C[C@H](O)[C@@H]2C)O[C@@](O)([C@H](C)C(=O)O)[C@H]1C. The molecule has 6 rings (SSSR count). The Morgan fingerprint density at radius 2 is 1.49 bits per heavy atom. The molecule has 6 aliphatic rings. The fourth-order valence-electron chi connectivity index (χ4n) is 11.5. The van der Waals surface area contributed by atoms with E-state index in [4.69, 9.17) is 33.2 Å². The van der Waals surface area contributed by atoms with Gasteiger partial charge in [0, 0.05) is 49.5 Å². The molecule has 1 spiro atoms. The molecule has 0 aromatic heterocycles. The van der Waals surface area contributed by atoms with Crippen LogP contribution in [0.2, 0.25) is 0 Å². The van der Waals surface area contributed by atoms with Gasteiger partial charge in [-0.05, 0) is 71.6 Å². The van der Waals surface area contributed by atoms with Crippen LogP contribution in [0.4, 0.5) is 0 Å². The Bertz CT molecular complexity index is 1330. The van der Waals surface area contributed by atoms with Gasteiger partial charge in [0.1, 0.15) is 5.92 Å². The van der Waals surface area contributed by atoms with Crippen LogP contribution < -0.4 is 0 Å². The monoisotopic (exact) mass is 754 g/mol. The summed E-state index contributed by atoms with van der Waals surface area (Å²) in [5.41, 5.74) is -1.19. The number of carboxylic acid groups (broad SMARTS) is 1. The highest BCUT2D eigenvalue weighted by Crippen LogP contribution is 2.55. The number of aliphatic carboxylic acids is 1. The molecule has 0 saturated carbocycles. The van der Waals surface area contributed by atoms with E-state index in [1.54, 1.807) is 21.0 Å². The highest BCUT2D eigenvalue weighted by molar-refractivity contribution is 5.70. The number of aliphatic hydroxyl groups is 3. The molecule has 0 aromatic carbocycles. The highest BCUT2D eigenvalue weighted by atomic mass is 16.7. The third-order valence-electron chi connectivity index (χ3n) is 15.2. The third-order valence-corrected chi connectivity index (χ3v) is 15.2. The minimum absolute atomic E-state index is 0.0508. The molecule has 0 radical (unpaired) electrons. The minimum Gasteiger partial charge on any atom is -0.481 e. The molecule has 4 N–H and O–H groups in total. The highest BCUT2D eigenvalue weighted by Gasteiger charge is 2.63. The number of methoxy groups -OCH3 is 1. The zero-order chi connectivity index (χ0) is 39.2. The van der Waals surface area contributed by atoms with Gasteiger partial charge in [-0.3, -0.25) is 4.79 Å². The lowest BCUT2D eigenvalue weighted by molar-refractivity contribution is -0.365. The fraction of sp³-hybridized carbons (Fsp3) is 0.976. The maximum absolute atomic E-state index is 12.1. The van der Waals surface area contributed by atoms with Crippen molar-refractivity contribution in [2.45, 2.75) is 199 Å². The summed E-state index contributed by atoms with van der Waals surface area (Å²) in [6, 6.07) is 0. The first kappa shape index (κ1) is 41.7. The summed E-state index contributed by atoms with van der Waals surface area (Å²) in [4.78, 5) is 12.1. The van der Waals surface area contributed by atoms with Crippen molar-refractivity contribution < 1.29 is 58.4 Å². The zero-order valence-corrected chi connectivity index (χ0v) is 34.2. The van der Waals surface area contributed by atoms with Crippen LogP contribution in [-0.2, 0) is 38.0 Å². The summed E-state index contributed by atoms with van der Waals surface area (Å²) in [5, 5.41) is 44.1. The number of hydrogen-bond donors (Lipinski definition) is 4. The standard InChI is InChI=1S/C41H70O12/c1-20-17-22(3)39(11,45)50-31(20)29-18-21(2)35(48-29)38(10)14-13-30(49-38)37(9)15-16-40(53-37)19-28(42)23(4)32(51-40)24(5)33-25(6)34(47-12)26(7)41(46,52-33)27(8)36(43)44/h20-35,42,45-46H,13-19H2,1-12H3,(H,43,44)/t20-,21-,22+,23-,24+,25-,26-,27+,28-,29+,30+,31-,32?,33+,34-,35+,37-,38-,39-,40+,41+/m0/s1. The van der Waals surface area contributed by atoms with Crippen LogP contribution >= 0.6 is 0 Å². The molecule has 53 heavy (non-hydrogen) atoms. The maximum Gasteiger partial charge on any atom is 0.311 e. The van der Waals surface area contributed by atoms with E-state index in [2.05, 4.69) is 27.7 Å². The van der Waals surface area contributed by atoms with E-state index in [-0.39, 0.29) is 59.9 Å². The Balaban J connectivity index is 1.15. The van der Waals surface area contributed by atoms with Crippen LogP contribution in [0.15, 0.2) is 0 Å². The van der Waals surface area contributed by atoms with E-state index in [9.17, 15) is 25.2 Å². The molecule has 21 atom stereocenters. The minimum atomic E-state index is -1.96. The number of aliphatic hydroxyl groups excluding tert-OH is 1. The van der Waals surface area contributed by atoms with Crippen LogP contribution in [0.1, 0.15) is 121 Å². The average molecular weight is 755 g/mol. The van der Waals surface area contributed by atoms with E-state index in [0.29, 0.717) is 19.3 Å². The number of ether oxygens (including phenoxy) is 7. The van der Waals surface area contributed by atoms with Crippen molar-refractivity contribution in [2.24, 2.45) is 47.3 Å². The molecule has 6 heterocycles. The van der Waals surface area contributed by atoms with Crippen molar-refractivity contribution in [3.05, 3.63) is 0 Å². The van der Waals surface area contributed by atoms with Crippen LogP contribution in [0.5, 0.6) is 0 Å². The van der Waals surface area contributed by atoms with Gasteiger partial charge in [0.15, 0.2) is 17.4 Å². The van der Waals surface area contributed by atoms with Gasteiger partial charge in [0.25, 0.3) is 0 Å². The molecule has 1 unspecified atom stereocenters. The average Bonchev–Trinajstić information content (AvgIpc) is 3.78. The lowest BCUT2D eigenvalue weighted by Gasteiger charge is -2.54. The second kappa shape index (κ2) is 14.5. The molecule has 12 heteroatoms. The van der Waals surface area contributed by atoms with Crippen molar-refractivity contribution in [1.82, 2.24) is 0 Å². The van der Waals surface area contributed by atoms with E-state index >= 15 is 0 Å². The first-order valence-corrected chi connectivity index (χ1v) is 20.5. The van der Waals surface area contributed by atoms with E-state index in [1.165, 1.54) is 6.92 Å². The second-order valence-electron chi connectivity index (χ2n) is 19.2. The fourth-order valence-corrected chi connectivity index (χ4v) is 11.5. The molecular formula is C41H70O12. The molecule has 6 fully saturated rings. The molecule has 0 aliphatic carbocycles. The Kier molecular flexibility index (Phi) is 11.4. The van der Waals surface area contributed by atoms with Crippen LogP contribution in [0.3, 0.4) is 0 Å². The van der Waals surface area contributed by atoms with Gasteiger partial charge in [-0.15, -0.1) is 0 Å². The van der Waals surface area contributed by atoms with Gasteiger partial charge in [-0.25, -0.2) is 0 Å². The van der Waals surface area contributed by atoms with Gasteiger partial charge in [-0.2, -0.15) is 0 Å². The smallest absolute Gasteiger partial charge is 0.311 e. The maximum atomic E-state index is 12.1. The third kappa shape index (κ3) is 7.16. The lowest BCUT2D eigenvalue weighted by Crippen LogP contribution is -2.65. The van der Waals surface area contributed by atoms with Gasteiger partial charge < -0.3 is 53.6 Å². The van der Waals surface area contributed by atoms with Crippen molar-refractivity contribution in [1.29, 1.82) is 0 Å². The van der Waals surface area contributed by atoms with E-state index in [0.717, 1.165) is 25.7 Å². The van der Waals surface area contributed by atoms with Gasteiger partial charge in [0.2, 0.25) is 0 Å². The van der Waals surface area contributed by atoms with Gasteiger partial charge in [0.05, 0.1) is 60.0 Å². The summed E-state index contributed by atoms with van der Waals surface area (Å²) >= 11 is 0. The molecule has 306 valence electrons. The normalized spacial score (nSPS) is 56.1. The van der Waals surface area contributed by atoms with Crippen LogP contribution in [0.25, 0.3) is 0 Å². The van der Waals surface area contributed by atoms with Crippen molar-refractivity contribution >= 4 is 5.97 Å². The van der Waals surface area contributed by atoms with Crippen molar-refractivity contribution in [3.63, 3.8) is 0 Å². The van der Waals surface area contributed by atoms with Crippen molar-refractivity contribution in [3.8, 4) is 0 Å². The number of hydrogen-bond acceptors (Lipinski definition) is 11. The molecule has 6 saturated heterocycles. The summed E-state index contributed by atoms with van der Waals surface area (Å²) in [6.07, 6.45) is 2.00. The molecule has 6 aliphatic heterocycles. The number of carboxylic acids is 1. The number of rotatable bonds is 8.